The Kier molecular flexibility index (Phi) is 8.51. The summed E-state index contributed by atoms with van der Waals surface area (Å²) in [5.74, 6) is -0.0705. The first-order valence-electron chi connectivity index (χ1n) is 16.6. The largest absolute Gasteiger partial charge is 2.00 e. The predicted octanol–water partition coefficient (Wildman–Crippen LogP) is 9.44. The van der Waals surface area contributed by atoms with Crippen LogP contribution in [0.15, 0.2) is 191 Å². The van der Waals surface area contributed by atoms with Crippen molar-refractivity contribution in [1.29, 1.82) is 0 Å². The first kappa shape index (κ1) is 31.1. The fourth-order valence-corrected chi connectivity index (χ4v) is 7.41. The molecule has 4 unspecified atom stereocenters. The van der Waals surface area contributed by atoms with E-state index in [9.17, 15) is 0 Å². The molecule has 238 valence electrons. The summed E-state index contributed by atoms with van der Waals surface area (Å²) in [6, 6.07) is 46.4. The number of benzene rings is 4. The molecule has 5 heterocycles. The zero-order valence-electron chi connectivity index (χ0n) is 26.6. The Balaban J connectivity index is 0.00000348. The van der Waals surface area contributed by atoms with Crippen molar-refractivity contribution >= 4 is 22.6 Å². The van der Waals surface area contributed by atoms with Crippen LogP contribution in [0.4, 0.5) is 0 Å². The SMILES string of the molecule is C1=C/C2=C(\c3ccccc3)c3ccc([n-]3)/C(c3ccccc3)=C3/C=CC(=N3)C(c3ccccc3)C3C=CC([N-]3)C(c3ccccc3)C1=N2.[Pt+2]. The fraction of sp³-hybridized carbons (Fsp3) is 0.0909. The summed E-state index contributed by atoms with van der Waals surface area (Å²) < 4.78 is 0. The van der Waals surface area contributed by atoms with Gasteiger partial charge >= 0.3 is 21.1 Å². The summed E-state index contributed by atoms with van der Waals surface area (Å²) in [6.45, 7) is 0. The van der Waals surface area contributed by atoms with E-state index >= 15 is 0 Å². The van der Waals surface area contributed by atoms with Gasteiger partial charge in [-0.15, -0.1) is 35.6 Å². The first-order chi connectivity index (χ1) is 23.8. The molecule has 0 radical (unpaired) electrons. The molecule has 1 aromatic heterocycles. The second-order valence-corrected chi connectivity index (χ2v) is 12.5. The second-order valence-electron chi connectivity index (χ2n) is 12.5. The van der Waals surface area contributed by atoms with E-state index in [0.717, 1.165) is 56.5 Å². The zero-order chi connectivity index (χ0) is 31.9. The van der Waals surface area contributed by atoms with Crippen LogP contribution in [0.1, 0.15) is 45.5 Å². The van der Waals surface area contributed by atoms with Crippen LogP contribution in [0.25, 0.3) is 16.5 Å². The van der Waals surface area contributed by atoms with Gasteiger partial charge in [-0.2, -0.15) is 0 Å². The van der Waals surface area contributed by atoms with E-state index in [0.29, 0.717) is 0 Å². The Morgan fingerprint density at radius 3 is 1.22 bits per heavy atom. The van der Waals surface area contributed by atoms with Crippen molar-refractivity contribution in [1.82, 2.24) is 4.98 Å². The maximum atomic E-state index is 5.55. The molecule has 49 heavy (non-hydrogen) atoms. The number of hydrogen-bond donors (Lipinski definition) is 0. The topological polar surface area (TPSA) is 52.9 Å². The van der Waals surface area contributed by atoms with Gasteiger partial charge in [-0.3, -0.25) is 9.98 Å². The number of hydrogen-bond acceptors (Lipinski definition) is 2. The third kappa shape index (κ3) is 5.82. The maximum Gasteiger partial charge on any atom is 2.00 e. The summed E-state index contributed by atoms with van der Waals surface area (Å²) in [6.07, 6.45) is 13.2. The minimum absolute atomic E-state index is 0. The molecule has 0 saturated carbocycles. The number of rotatable bonds is 4. The molecule has 0 saturated heterocycles. The normalized spacial score (nSPS) is 25.2. The Labute approximate surface area is 301 Å². The van der Waals surface area contributed by atoms with Crippen LogP contribution in [0.2, 0.25) is 0 Å². The molecule has 0 amide bonds. The molecular weight excluding hydrogens is 780 g/mol. The van der Waals surface area contributed by atoms with E-state index in [4.69, 9.17) is 20.3 Å². The molecule has 8 bridgehead atoms. The zero-order valence-corrected chi connectivity index (χ0v) is 28.9. The second kappa shape index (κ2) is 13.4. The maximum absolute atomic E-state index is 5.55. The van der Waals surface area contributed by atoms with E-state index in [1.807, 2.05) is 12.1 Å². The van der Waals surface area contributed by atoms with E-state index in [1.165, 1.54) is 11.1 Å². The van der Waals surface area contributed by atoms with Gasteiger partial charge in [0, 0.05) is 23.3 Å². The molecule has 5 heteroatoms. The van der Waals surface area contributed by atoms with Crippen molar-refractivity contribution in [3.8, 4) is 0 Å². The third-order valence-electron chi connectivity index (χ3n) is 9.60. The molecule has 9 rings (SSSR count). The van der Waals surface area contributed by atoms with E-state index in [1.54, 1.807) is 0 Å². The van der Waals surface area contributed by atoms with Gasteiger partial charge < -0.3 is 10.3 Å². The van der Waals surface area contributed by atoms with Crippen LogP contribution in [-0.4, -0.2) is 23.5 Å². The monoisotopic (exact) mass is 811 g/mol. The molecule has 4 atom stereocenters. The summed E-state index contributed by atoms with van der Waals surface area (Å²) in [5, 5.41) is 5.55. The number of aromatic nitrogens is 1. The van der Waals surface area contributed by atoms with Crippen LogP contribution in [0, 0.1) is 0 Å². The third-order valence-corrected chi connectivity index (χ3v) is 9.60. The van der Waals surface area contributed by atoms with E-state index in [-0.39, 0.29) is 45.0 Å². The van der Waals surface area contributed by atoms with Crippen LogP contribution < -0.4 is 4.98 Å². The Morgan fingerprint density at radius 1 is 0.429 bits per heavy atom. The van der Waals surface area contributed by atoms with Crippen molar-refractivity contribution in [3.63, 3.8) is 0 Å². The molecule has 0 fully saturated rings. The first-order valence-corrected chi connectivity index (χ1v) is 16.6. The van der Waals surface area contributed by atoms with Gasteiger partial charge in [-0.25, -0.2) is 0 Å². The molecule has 4 aliphatic rings. The molecule has 4 aromatic carbocycles. The predicted molar refractivity (Wildman–Crippen MR) is 196 cm³/mol. The quantitative estimate of drug-likeness (QED) is 0.167. The van der Waals surface area contributed by atoms with Gasteiger partial charge in [0.1, 0.15) is 0 Å². The average Bonchev–Trinajstić information content (AvgIpc) is 3.98. The van der Waals surface area contributed by atoms with Gasteiger partial charge in [0.2, 0.25) is 0 Å². The summed E-state index contributed by atoms with van der Waals surface area (Å²) in [5.41, 5.74) is 12.2. The molecule has 0 spiro atoms. The Hall–Kier alpha value is -5.15. The molecule has 0 aliphatic carbocycles. The number of aliphatic imine (C=N–C) groups is 2. The minimum Gasteiger partial charge on any atom is -0.657 e. The van der Waals surface area contributed by atoms with Crippen LogP contribution in [0.5, 0.6) is 0 Å². The van der Waals surface area contributed by atoms with Gasteiger partial charge in [0.25, 0.3) is 0 Å². The smallest absolute Gasteiger partial charge is 0.657 e. The van der Waals surface area contributed by atoms with Crippen molar-refractivity contribution in [2.24, 2.45) is 9.98 Å². The molecule has 4 aliphatic heterocycles. The van der Waals surface area contributed by atoms with Gasteiger partial charge in [-0.05, 0) is 57.7 Å². The fourth-order valence-electron chi connectivity index (χ4n) is 7.41. The Bertz CT molecular complexity index is 2050. The number of fused-ring (bicyclic) bond motifs is 6. The van der Waals surface area contributed by atoms with E-state index < -0.39 is 0 Å². The van der Waals surface area contributed by atoms with Gasteiger partial charge in [0.05, 0.1) is 11.4 Å². The van der Waals surface area contributed by atoms with Crippen molar-refractivity contribution < 1.29 is 21.1 Å². The minimum atomic E-state index is -0.0797. The van der Waals surface area contributed by atoms with Crippen LogP contribution >= 0.6 is 0 Å². The van der Waals surface area contributed by atoms with Gasteiger partial charge in [-0.1, -0.05) is 133 Å². The van der Waals surface area contributed by atoms with Crippen molar-refractivity contribution in [2.75, 3.05) is 0 Å². The number of nitrogens with zero attached hydrogens (tertiary/aromatic N) is 4. The average molecular weight is 812 g/mol. The molecule has 5 aromatic rings. The summed E-state index contributed by atoms with van der Waals surface area (Å²) in [7, 11) is 0. The van der Waals surface area contributed by atoms with E-state index in [2.05, 4.69) is 158 Å². The molecular formula is C44H32N4Pt. The van der Waals surface area contributed by atoms with Crippen LogP contribution in [0.3, 0.4) is 0 Å². The summed E-state index contributed by atoms with van der Waals surface area (Å²) >= 11 is 0. The van der Waals surface area contributed by atoms with Gasteiger partial charge in [0.15, 0.2) is 0 Å². The Morgan fingerprint density at radius 2 is 0.816 bits per heavy atom. The molecule has 4 nitrogen and oxygen atoms in total. The van der Waals surface area contributed by atoms with Crippen LogP contribution in [-0.2, 0) is 21.1 Å². The molecule has 0 N–H and O–H groups in total. The van der Waals surface area contributed by atoms with Crippen molar-refractivity contribution in [2.45, 2.75) is 23.9 Å². The summed E-state index contributed by atoms with van der Waals surface area (Å²) in [4.78, 5) is 16.1. The standard InChI is InChI=1S/C44H32N4.Pt/c1-5-13-29(14-6-1)41-33-21-23-35(45-33)42(30-15-7-2-8-16-30)37-25-27-39(47-37)44(32-19-11-4-12-20-32)40-28-26-38(48-40)43(31-17-9-3-10-18-31)36-24-22-34(41)46-36;/h1-28,33,35,41-42H;/q-2;+2/b43-36-,44-39-;. The van der Waals surface area contributed by atoms with Crippen molar-refractivity contribution in [3.05, 3.63) is 220 Å². The number of allylic oxidation sites excluding steroid dienone is 4.